The fourth-order valence-corrected chi connectivity index (χ4v) is 5.31. The van der Waals surface area contributed by atoms with Gasteiger partial charge in [0.15, 0.2) is 0 Å². The number of ether oxygens (including phenoxy) is 1. The molecular formula is C23H27N3O5S. The molecular weight excluding hydrogens is 430 g/mol. The Bertz CT molecular complexity index is 1150. The van der Waals surface area contributed by atoms with Crippen LogP contribution in [-0.2, 0) is 16.4 Å². The summed E-state index contributed by atoms with van der Waals surface area (Å²) in [5.41, 5.74) is 2.57. The van der Waals surface area contributed by atoms with Crippen LogP contribution in [0.25, 0.3) is 0 Å². The number of nitrogens with zero attached hydrogens (tertiary/aromatic N) is 3. The average molecular weight is 458 g/mol. The van der Waals surface area contributed by atoms with Crippen LogP contribution < -0.4 is 9.04 Å². The molecule has 0 unspecified atom stereocenters. The van der Waals surface area contributed by atoms with Gasteiger partial charge in [-0.3, -0.25) is 13.9 Å². The lowest BCUT2D eigenvalue weighted by atomic mass is 10.1. The molecule has 4 rings (SSSR count). The molecule has 2 aromatic carbocycles. The maximum atomic E-state index is 13.1. The number of hydrogen-bond donors (Lipinski definition) is 0. The number of carbonyl (C=O) groups excluding carboxylic acids is 2. The first kappa shape index (κ1) is 22.1. The number of amides is 2. The summed E-state index contributed by atoms with van der Waals surface area (Å²) in [6, 6.07) is 12.3. The summed E-state index contributed by atoms with van der Waals surface area (Å²) >= 11 is 0. The Labute approximate surface area is 188 Å². The average Bonchev–Trinajstić information content (AvgIpc) is 3.07. The zero-order valence-electron chi connectivity index (χ0n) is 18.3. The van der Waals surface area contributed by atoms with Gasteiger partial charge in [-0.15, -0.1) is 0 Å². The van der Waals surface area contributed by atoms with Crippen molar-refractivity contribution in [2.45, 2.75) is 12.8 Å². The van der Waals surface area contributed by atoms with Crippen molar-refractivity contribution in [3.8, 4) is 5.75 Å². The van der Waals surface area contributed by atoms with Gasteiger partial charge in [0.1, 0.15) is 5.75 Å². The molecule has 0 bridgehead atoms. The van der Waals surface area contributed by atoms with Gasteiger partial charge < -0.3 is 14.5 Å². The molecule has 2 heterocycles. The van der Waals surface area contributed by atoms with Crippen LogP contribution >= 0.6 is 0 Å². The van der Waals surface area contributed by atoms with E-state index in [1.54, 1.807) is 47.2 Å². The molecule has 2 amide bonds. The first-order valence-corrected chi connectivity index (χ1v) is 12.5. The monoisotopic (exact) mass is 457 g/mol. The summed E-state index contributed by atoms with van der Waals surface area (Å²) < 4.78 is 30.6. The van der Waals surface area contributed by atoms with Crippen LogP contribution in [0.5, 0.6) is 5.75 Å². The van der Waals surface area contributed by atoms with Crippen LogP contribution in [-0.4, -0.2) is 76.1 Å². The van der Waals surface area contributed by atoms with Crippen LogP contribution in [0.3, 0.4) is 0 Å². The summed E-state index contributed by atoms with van der Waals surface area (Å²) in [6.07, 6.45) is 2.46. The quantitative estimate of drug-likeness (QED) is 0.701. The predicted molar refractivity (Wildman–Crippen MR) is 122 cm³/mol. The fourth-order valence-electron chi connectivity index (χ4n) is 4.35. The van der Waals surface area contributed by atoms with E-state index < -0.39 is 10.0 Å². The second-order valence-electron chi connectivity index (χ2n) is 8.07. The Hall–Kier alpha value is -3.07. The minimum absolute atomic E-state index is 0.0998. The Morgan fingerprint density at radius 3 is 2.28 bits per heavy atom. The van der Waals surface area contributed by atoms with Gasteiger partial charge in [-0.25, -0.2) is 8.42 Å². The van der Waals surface area contributed by atoms with Crippen molar-refractivity contribution in [2.75, 3.05) is 50.4 Å². The minimum atomic E-state index is -3.33. The van der Waals surface area contributed by atoms with Crippen molar-refractivity contribution < 1.29 is 22.7 Å². The van der Waals surface area contributed by atoms with E-state index in [-0.39, 0.29) is 11.8 Å². The van der Waals surface area contributed by atoms with Gasteiger partial charge in [0, 0.05) is 38.3 Å². The number of sulfonamides is 1. The molecule has 2 aliphatic heterocycles. The summed E-state index contributed by atoms with van der Waals surface area (Å²) in [4.78, 5) is 29.7. The highest BCUT2D eigenvalue weighted by atomic mass is 32.2. The Balaban J connectivity index is 1.46. The van der Waals surface area contributed by atoms with E-state index in [1.807, 2.05) is 12.1 Å². The number of methoxy groups -OCH3 is 1. The van der Waals surface area contributed by atoms with E-state index in [0.717, 1.165) is 5.56 Å². The van der Waals surface area contributed by atoms with Gasteiger partial charge in [0.25, 0.3) is 11.8 Å². The highest BCUT2D eigenvalue weighted by molar-refractivity contribution is 7.92. The van der Waals surface area contributed by atoms with Gasteiger partial charge in [-0.05, 0) is 48.7 Å². The van der Waals surface area contributed by atoms with Crippen molar-refractivity contribution in [2.24, 2.45) is 0 Å². The molecule has 0 N–H and O–H groups in total. The zero-order valence-corrected chi connectivity index (χ0v) is 19.1. The maximum Gasteiger partial charge on any atom is 0.257 e. The summed E-state index contributed by atoms with van der Waals surface area (Å²) in [5.74, 6) is 0.336. The third-order valence-electron chi connectivity index (χ3n) is 5.99. The molecule has 8 nitrogen and oxygen atoms in total. The summed E-state index contributed by atoms with van der Waals surface area (Å²) in [5, 5.41) is 0. The van der Waals surface area contributed by atoms with Crippen molar-refractivity contribution >= 4 is 27.5 Å². The smallest absolute Gasteiger partial charge is 0.257 e. The molecule has 2 aromatic rings. The SMILES string of the molecule is COc1ccccc1C(=O)N1CCCN(C(=O)c2ccc3c(c2)CCN3S(C)(=O)=O)CC1. The molecule has 0 atom stereocenters. The normalized spacial score (nSPS) is 16.5. The first-order chi connectivity index (χ1) is 15.3. The minimum Gasteiger partial charge on any atom is -0.496 e. The predicted octanol–water partition coefficient (Wildman–Crippen LogP) is 2.01. The maximum absolute atomic E-state index is 13.1. The largest absolute Gasteiger partial charge is 0.496 e. The molecule has 170 valence electrons. The number of para-hydroxylation sites is 1. The van der Waals surface area contributed by atoms with Gasteiger partial charge in [-0.1, -0.05) is 12.1 Å². The Kier molecular flexibility index (Phi) is 6.10. The van der Waals surface area contributed by atoms with Crippen molar-refractivity contribution in [1.29, 1.82) is 0 Å². The number of benzene rings is 2. The lowest BCUT2D eigenvalue weighted by Crippen LogP contribution is -2.37. The molecule has 1 fully saturated rings. The Morgan fingerprint density at radius 2 is 1.59 bits per heavy atom. The summed E-state index contributed by atoms with van der Waals surface area (Å²) in [7, 11) is -1.78. The number of anilines is 1. The van der Waals surface area contributed by atoms with E-state index in [4.69, 9.17) is 4.74 Å². The van der Waals surface area contributed by atoms with Crippen molar-refractivity contribution in [3.63, 3.8) is 0 Å². The van der Waals surface area contributed by atoms with Crippen LogP contribution in [0, 0.1) is 0 Å². The summed E-state index contributed by atoms with van der Waals surface area (Å²) in [6.45, 7) is 2.40. The third-order valence-corrected chi connectivity index (χ3v) is 7.17. The second-order valence-corrected chi connectivity index (χ2v) is 9.97. The third kappa shape index (κ3) is 4.29. The standard InChI is InChI=1S/C23H27N3O5S/c1-31-21-7-4-3-6-19(21)23(28)25-12-5-11-24(14-15-25)22(27)18-8-9-20-17(16-18)10-13-26(20)32(2,29)30/h3-4,6-9,16H,5,10-15H2,1-2H3. The molecule has 0 aromatic heterocycles. The topological polar surface area (TPSA) is 87.2 Å². The highest BCUT2D eigenvalue weighted by Crippen LogP contribution is 2.31. The highest BCUT2D eigenvalue weighted by Gasteiger charge is 2.29. The van der Waals surface area contributed by atoms with Crippen LogP contribution in [0.4, 0.5) is 5.69 Å². The Morgan fingerprint density at radius 1 is 0.906 bits per heavy atom. The molecule has 2 aliphatic rings. The lowest BCUT2D eigenvalue weighted by Gasteiger charge is -2.23. The van der Waals surface area contributed by atoms with E-state index in [9.17, 15) is 18.0 Å². The zero-order chi connectivity index (χ0) is 22.9. The fraction of sp³-hybridized carbons (Fsp3) is 0.391. The molecule has 0 aliphatic carbocycles. The van der Waals surface area contributed by atoms with Crippen molar-refractivity contribution in [3.05, 3.63) is 59.2 Å². The van der Waals surface area contributed by atoms with E-state index in [0.29, 0.717) is 68.1 Å². The second kappa shape index (κ2) is 8.82. The van der Waals surface area contributed by atoms with Gasteiger partial charge >= 0.3 is 0 Å². The van der Waals surface area contributed by atoms with Crippen LogP contribution in [0.1, 0.15) is 32.7 Å². The van der Waals surface area contributed by atoms with Gasteiger partial charge in [-0.2, -0.15) is 0 Å². The molecule has 32 heavy (non-hydrogen) atoms. The number of rotatable bonds is 4. The number of fused-ring (bicyclic) bond motifs is 1. The van der Waals surface area contributed by atoms with Crippen LogP contribution in [0.15, 0.2) is 42.5 Å². The molecule has 9 heteroatoms. The van der Waals surface area contributed by atoms with Crippen molar-refractivity contribution in [1.82, 2.24) is 9.80 Å². The van der Waals surface area contributed by atoms with E-state index >= 15 is 0 Å². The molecule has 0 radical (unpaired) electrons. The first-order valence-electron chi connectivity index (χ1n) is 10.6. The molecule has 1 saturated heterocycles. The lowest BCUT2D eigenvalue weighted by molar-refractivity contribution is 0.0717. The van der Waals surface area contributed by atoms with E-state index in [1.165, 1.54) is 10.6 Å². The van der Waals surface area contributed by atoms with Crippen LogP contribution in [0.2, 0.25) is 0 Å². The van der Waals surface area contributed by atoms with E-state index in [2.05, 4.69) is 0 Å². The number of carbonyl (C=O) groups is 2. The number of hydrogen-bond acceptors (Lipinski definition) is 5. The van der Waals surface area contributed by atoms with Gasteiger partial charge in [0.2, 0.25) is 10.0 Å². The molecule has 0 spiro atoms. The molecule has 0 saturated carbocycles. The van der Waals surface area contributed by atoms with Gasteiger partial charge in [0.05, 0.1) is 24.6 Å².